The Balaban J connectivity index is 2.69. The van der Waals surface area contributed by atoms with E-state index in [2.05, 4.69) is 11.1 Å². The van der Waals surface area contributed by atoms with Crippen LogP contribution in [0.3, 0.4) is 0 Å². The first-order chi connectivity index (χ1) is 6.18. The molecule has 0 unspecified atom stereocenters. The summed E-state index contributed by atoms with van der Waals surface area (Å²) in [7, 11) is 3.97. The number of nitrogens with one attached hydrogen (secondary N) is 1. The van der Waals surface area contributed by atoms with E-state index < -0.39 is 0 Å². The number of hydrogen-bond donors (Lipinski definition) is 2. The van der Waals surface area contributed by atoms with Gasteiger partial charge in [0.05, 0.1) is 11.4 Å². The molecule has 0 spiro atoms. The highest BCUT2D eigenvalue weighted by Gasteiger charge is 2.03. The van der Waals surface area contributed by atoms with E-state index >= 15 is 0 Å². The summed E-state index contributed by atoms with van der Waals surface area (Å²) in [5.41, 5.74) is 8.88. The van der Waals surface area contributed by atoms with Crippen LogP contribution in [-0.2, 0) is 0 Å². The number of rotatable bonds is 1. The first kappa shape index (κ1) is 7.98. The van der Waals surface area contributed by atoms with E-state index in [0.29, 0.717) is 0 Å². The van der Waals surface area contributed by atoms with E-state index in [9.17, 15) is 0 Å². The van der Waals surface area contributed by atoms with Gasteiger partial charge in [-0.25, -0.2) is 0 Å². The van der Waals surface area contributed by atoms with Crippen molar-refractivity contribution in [2.45, 2.75) is 0 Å². The molecule has 1 aromatic heterocycles. The number of anilines is 2. The summed E-state index contributed by atoms with van der Waals surface area (Å²) < 4.78 is 0. The lowest BCUT2D eigenvalue weighted by atomic mass is 10.2. The van der Waals surface area contributed by atoms with Crippen LogP contribution in [0.1, 0.15) is 0 Å². The van der Waals surface area contributed by atoms with E-state index in [1.807, 2.05) is 37.3 Å². The van der Waals surface area contributed by atoms with Gasteiger partial charge in [0, 0.05) is 31.2 Å². The lowest BCUT2D eigenvalue weighted by molar-refractivity contribution is 1.14. The van der Waals surface area contributed by atoms with E-state index in [-0.39, 0.29) is 0 Å². The van der Waals surface area contributed by atoms with Gasteiger partial charge in [0.2, 0.25) is 0 Å². The Morgan fingerprint density at radius 2 is 2.08 bits per heavy atom. The molecular formula is C10H13N3. The van der Waals surface area contributed by atoms with Crippen LogP contribution in [0.25, 0.3) is 10.9 Å². The fourth-order valence-corrected chi connectivity index (χ4v) is 1.49. The predicted octanol–water partition coefficient (Wildman–Crippen LogP) is 1.82. The van der Waals surface area contributed by atoms with Crippen LogP contribution in [0.15, 0.2) is 24.4 Å². The lowest BCUT2D eigenvalue weighted by Gasteiger charge is -2.14. The third-order valence-electron chi connectivity index (χ3n) is 2.18. The van der Waals surface area contributed by atoms with Crippen molar-refractivity contribution < 1.29 is 0 Å². The van der Waals surface area contributed by atoms with Gasteiger partial charge < -0.3 is 15.6 Å². The topological polar surface area (TPSA) is 45.0 Å². The molecule has 2 aromatic rings. The van der Waals surface area contributed by atoms with Gasteiger partial charge in [0.15, 0.2) is 0 Å². The second-order valence-corrected chi connectivity index (χ2v) is 3.37. The van der Waals surface area contributed by atoms with Gasteiger partial charge in [0.1, 0.15) is 0 Å². The minimum absolute atomic E-state index is 0.817. The summed E-state index contributed by atoms with van der Waals surface area (Å²) >= 11 is 0. The Morgan fingerprint density at radius 3 is 2.77 bits per heavy atom. The SMILES string of the molecule is CN(C)c1cc2[nH]ccc2cc1N. The van der Waals surface area contributed by atoms with Crippen LogP contribution in [0.2, 0.25) is 0 Å². The maximum Gasteiger partial charge on any atom is 0.0616 e. The number of nitrogens with two attached hydrogens (primary N) is 1. The maximum absolute atomic E-state index is 5.89. The quantitative estimate of drug-likeness (QED) is 0.649. The van der Waals surface area contributed by atoms with E-state index in [1.54, 1.807) is 0 Å². The molecule has 0 bridgehead atoms. The molecule has 13 heavy (non-hydrogen) atoms. The second kappa shape index (κ2) is 2.69. The summed E-state index contributed by atoms with van der Waals surface area (Å²) in [6.07, 6.45) is 1.92. The molecule has 0 aliphatic rings. The smallest absolute Gasteiger partial charge is 0.0616 e. The number of aromatic nitrogens is 1. The van der Waals surface area contributed by atoms with Crippen LogP contribution in [0, 0.1) is 0 Å². The molecule has 0 aliphatic heterocycles. The molecule has 3 nitrogen and oxygen atoms in total. The average molecular weight is 175 g/mol. The molecule has 0 saturated carbocycles. The Bertz CT molecular complexity index is 429. The molecule has 2 rings (SSSR count). The highest BCUT2D eigenvalue weighted by Crippen LogP contribution is 2.26. The predicted molar refractivity (Wildman–Crippen MR) is 57.0 cm³/mol. The molecule has 68 valence electrons. The molecule has 0 saturated heterocycles. The first-order valence-electron chi connectivity index (χ1n) is 4.22. The first-order valence-corrected chi connectivity index (χ1v) is 4.22. The third kappa shape index (κ3) is 1.22. The van der Waals surface area contributed by atoms with Crippen molar-refractivity contribution in [2.75, 3.05) is 24.7 Å². The zero-order chi connectivity index (χ0) is 9.42. The van der Waals surface area contributed by atoms with Gasteiger partial charge in [0.25, 0.3) is 0 Å². The molecule has 3 heteroatoms. The highest BCUT2D eigenvalue weighted by molar-refractivity contribution is 5.89. The molecular weight excluding hydrogens is 162 g/mol. The summed E-state index contributed by atoms with van der Waals surface area (Å²) in [6, 6.07) is 6.07. The molecule has 0 atom stereocenters. The zero-order valence-corrected chi connectivity index (χ0v) is 7.83. The van der Waals surface area contributed by atoms with Gasteiger partial charge in [-0.15, -0.1) is 0 Å². The zero-order valence-electron chi connectivity index (χ0n) is 7.83. The standard InChI is InChI=1S/C10H13N3/c1-13(2)10-6-9-7(3-4-12-9)5-8(10)11/h3-6,12H,11H2,1-2H3. The minimum atomic E-state index is 0.817. The Hall–Kier alpha value is -1.64. The Morgan fingerprint density at radius 1 is 1.31 bits per heavy atom. The van der Waals surface area contributed by atoms with E-state index in [4.69, 9.17) is 5.73 Å². The Labute approximate surface area is 77.2 Å². The minimum Gasteiger partial charge on any atom is -0.397 e. The molecule has 1 aromatic carbocycles. The number of H-pyrrole nitrogens is 1. The van der Waals surface area contributed by atoms with Gasteiger partial charge >= 0.3 is 0 Å². The van der Waals surface area contributed by atoms with Gasteiger partial charge in [-0.1, -0.05) is 0 Å². The second-order valence-electron chi connectivity index (χ2n) is 3.37. The largest absolute Gasteiger partial charge is 0.397 e. The number of nitrogen functional groups attached to an aromatic ring is 1. The van der Waals surface area contributed by atoms with Crippen LogP contribution in [-0.4, -0.2) is 19.1 Å². The number of benzene rings is 1. The van der Waals surface area contributed by atoms with Crippen molar-refractivity contribution in [3.63, 3.8) is 0 Å². The summed E-state index contributed by atoms with van der Waals surface area (Å²) in [5.74, 6) is 0. The molecule has 0 fully saturated rings. The molecule has 0 amide bonds. The van der Waals surface area contributed by atoms with Crippen molar-refractivity contribution in [3.05, 3.63) is 24.4 Å². The molecule has 1 heterocycles. The monoisotopic (exact) mass is 175 g/mol. The van der Waals surface area contributed by atoms with Gasteiger partial charge in [-0.2, -0.15) is 0 Å². The lowest BCUT2D eigenvalue weighted by Crippen LogP contribution is -2.10. The molecule has 0 aliphatic carbocycles. The third-order valence-corrected chi connectivity index (χ3v) is 2.18. The maximum atomic E-state index is 5.89. The summed E-state index contributed by atoms with van der Waals surface area (Å²) in [4.78, 5) is 5.17. The van der Waals surface area contributed by atoms with Crippen molar-refractivity contribution >= 4 is 22.3 Å². The number of nitrogens with zero attached hydrogens (tertiary/aromatic N) is 1. The average Bonchev–Trinajstić information content (AvgIpc) is 2.48. The van der Waals surface area contributed by atoms with E-state index in [1.165, 1.54) is 0 Å². The molecule has 0 radical (unpaired) electrons. The van der Waals surface area contributed by atoms with Crippen LogP contribution < -0.4 is 10.6 Å². The number of hydrogen-bond acceptors (Lipinski definition) is 2. The van der Waals surface area contributed by atoms with Gasteiger partial charge in [-0.05, 0) is 18.2 Å². The normalized spacial score (nSPS) is 10.6. The van der Waals surface area contributed by atoms with Crippen molar-refractivity contribution in [1.29, 1.82) is 0 Å². The number of fused-ring (bicyclic) bond motifs is 1. The van der Waals surface area contributed by atoms with Crippen LogP contribution in [0.5, 0.6) is 0 Å². The van der Waals surface area contributed by atoms with Crippen LogP contribution >= 0.6 is 0 Å². The summed E-state index contributed by atoms with van der Waals surface area (Å²) in [5, 5.41) is 1.16. The molecule has 3 N–H and O–H groups in total. The fraction of sp³-hybridized carbons (Fsp3) is 0.200. The summed E-state index contributed by atoms with van der Waals surface area (Å²) in [6.45, 7) is 0. The van der Waals surface area contributed by atoms with Crippen molar-refractivity contribution in [2.24, 2.45) is 0 Å². The Kier molecular flexibility index (Phi) is 1.65. The van der Waals surface area contributed by atoms with Crippen LogP contribution in [0.4, 0.5) is 11.4 Å². The number of aromatic amines is 1. The highest BCUT2D eigenvalue weighted by atomic mass is 15.1. The fourth-order valence-electron chi connectivity index (χ4n) is 1.49. The van der Waals surface area contributed by atoms with Gasteiger partial charge in [-0.3, -0.25) is 0 Å². The van der Waals surface area contributed by atoms with Crippen molar-refractivity contribution in [3.8, 4) is 0 Å². The van der Waals surface area contributed by atoms with Crippen molar-refractivity contribution in [1.82, 2.24) is 4.98 Å². The van der Waals surface area contributed by atoms with E-state index in [0.717, 1.165) is 22.3 Å².